The second-order valence-corrected chi connectivity index (χ2v) is 8.98. The van der Waals surface area contributed by atoms with Crippen molar-refractivity contribution in [3.63, 3.8) is 0 Å². The summed E-state index contributed by atoms with van der Waals surface area (Å²) in [5.74, 6) is -0.301. The van der Waals surface area contributed by atoms with Crippen molar-refractivity contribution in [1.29, 1.82) is 0 Å². The average molecular weight is 441 g/mol. The highest BCUT2D eigenvalue weighted by molar-refractivity contribution is 7.89. The first-order valence-electron chi connectivity index (χ1n) is 9.34. The average Bonchev–Trinajstić information content (AvgIpc) is 2.73. The van der Waals surface area contributed by atoms with Gasteiger partial charge < -0.3 is 10.1 Å². The summed E-state index contributed by atoms with van der Waals surface area (Å²) in [6.45, 7) is 1.29. The highest BCUT2D eigenvalue weighted by Gasteiger charge is 2.28. The Morgan fingerprint density at radius 1 is 1.10 bits per heavy atom. The SMILES string of the molecule is O=C(NCCOc1ccc(F)cc1)c1ccc(Cl)c(S(=O)(=O)N2CCCCC2)c1. The van der Waals surface area contributed by atoms with Gasteiger partial charge in [-0.25, -0.2) is 12.8 Å². The number of carbonyl (C=O) groups is 1. The fraction of sp³-hybridized carbons (Fsp3) is 0.350. The largest absolute Gasteiger partial charge is 0.492 e. The van der Waals surface area contributed by atoms with Crippen LogP contribution in [0, 0.1) is 5.82 Å². The first-order valence-corrected chi connectivity index (χ1v) is 11.2. The molecule has 0 aromatic heterocycles. The third-order valence-electron chi connectivity index (χ3n) is 4.60. The Hall–Kier alpha value is -2.16. The molecule has 0 bridgehead atoms. The highest BCUT2D eigenvalue weighted by atomic mass is 35.5. The number of piperidine rings is 1. The lowest BCUT2D eigenvalue weighted by atomic mass is 10.2. The molecule has 1 fully saturated rings. The number of benzene rings is 2. The van der Waals surface area contributed by atoms with Gasteiger partial charge in [0.2, 0.25) is 10.0 Å². The molecule has 29 heavy (non-hydrogen) atoms. The van der Waals surface area contributed by atoms with E-state index in [1.807, 2.05) is 0 Å². The van der Waals surface area contributed by atoms with Crippen molar-refractivity contribution in [3.8, 4) is 5.75 Å². The Morgan fingerprint density at radius 3 is 2.48 bits per heavy atom. The molecule has 1 aliphatic rings. The molecule has 1 heterocycles. The Balaban J connectivity index is 1.62. The van der Waals surface area contributed by atoms with Crippen molar-refractivity contribution in [2.75, 3.05) is 26.2 Å². The van der Waals surface area contributed by atoms with Gasteiger partial charge in [-0.05, 0) is 55.3 Å². The Kier molecular flexibility index (Phi) is 7.10. The lowest BCUT2D eigenvalue weighted by molar-refractivity contribution is 0.0947. The zero-order chi connectivity index (χ0) is 20.9. The molecule has 0 unspecified atom stereocenters. The van der Waals surface area contributed by atoms with Crippen molar-refractivity contribution < 1.29 is 22.3 Å². The van der Waals surface area contributed by atoms with E-state index in [-0.39, 0.29) is 34.5 Å². The van der Waals surface area contributed by atoms with Crippen molar-refractivity contribution in [1.82, 2.24) is 9.62 Å². The number of rotatable bonds is 7. The molecular weight excluding hydrogens is 419 g/mol. The van der Waals surface area contributed by atoms with Crippen LogP contribution in [-0.4, -0.2) is 44.9 Å². The van der Waals surface area contributed by atoms with Crippen molar-refractivity contribution >= 4 is 27.5 Å². The maximum atomic E-state index is 12.9. The zero-order valence-electron chi connectivity index (χ0n) is 15.7. The van der Waals surface area contributed by atoms with Crippen LogP contribution in [0.1, 0.15) is 29.6 Å². The second-order valence-electron chi connectivity index (χ2n) is 6.67. The van der Waals surface area contributed by atoms with Crippen LogP contribution in [0.15, 0.2) is 47.4 Å². The summed E-state index contributed by atoms with van der Waals surface area (Å²) >= 11 is 6.13. The van der Waals surface area contributed by atoms with Gasteiger partial charge in [-0.2, -0.15) is 4.31 Å². The van der Waals surface area contributed by atoms with Gasteiger partial charge in [-0.1, -0.05) is 18.0 Å². The number of hydrogen-bond acceptors (Lipinski definition) is 4. The third-order valence-corrected chi connectivity index (χ3v) is 6.98. The van der Waals surface area contributed by atoms with Gasteiger partial charge in [0.1, 0.15) is 23.1 Å². The lowest BCUT2D eigenvalue weighted by Crippen LogP contribution is -2.36. The molecule has 0 spiro atoms. The van der Waals surface area contributed by atoms with Crippen LogP contribution in [0.25, 0.3) is 0 Å². The van der Waals surface area contributed by atoms with E-state index in [0.29, 0.717) is 18.8 Å². The molecule has 9 heteroatoms. The standard InChI is InChI=1S/C20H22ClFN2O4S/c21-18-9-4-15(14-19(18)29(26,27)24-11-2-1-3-12-24)20(25)23-10-13-28-17-7-5-16(22)6-8-17/h4-9,14H,1-3,10-13H2,(H,23,25). The summed E-state index contributed by atoms with van der Waals surface area (Å²) in [7, 11) is -3.75. The Morgan fingerprint density at radius 2 is 1.79 bits per heavy atom. The van der Waals surface area contributed by atoms with Gasteiger partial charge in [-0.3, -0.25) is 4.79 Å². The number of carbonyl (C=O) groups excluding carboxylic acids is 1. The van der Waals surface area contributed by atoms with E-state index >= 15 is 0 Å². The van der Waals surface area contributed by atoms with Crippen molar-refractivity contribution in [3.05, 3.63) is 58.9 Å². The maximum Gasteiger partial charge on any atom is 0.251 e. The van der Waals surface area contributed by atoms with Crippen molar-refractivity contribution in [2.45, 2.75) is 24.2 Å². The predicted octanol–water partition coefficient (Wildman–Crippen LogP) is 3.46. The smallest absolute Gasteiger partial charge is 0.251 e. The predicted molar refractivity (Wildman–Crippen MR) is 108 cm³/mol. The summed E-state index contributed by atoms with van der Waals surface area (Å²) in [6.07, 6.45) is 2.62. The monoisotopic (exact) mass is 440 g/mol. The van der Waals surface area contributed by atoms with E-state index < -0.39 is 15.9 Å². The van der Waals surface area contributed by atoms with Crippen LogP contribution >= 0.6 is 11.6 Å². The van der Waals surface area contributed by atoms with Gasteiger partial charge in [0.05, 0.1) is 11.6 Å². The summed E-state index contributed by atoms with van der Waals surface area (Å²) in [5.41, 5.74) is 0.201. The van der Waals surface area contributed by atoms with E-state index in [1.165, 1.54) is 46.8 Å². The summed E-state index contributed by atoms with van der Waals surface area (Å²) in [4.78, 5) is 12.3. The molecule has 0 atom stereocenters. The molecule has 0 radical (unpaired) electrons. The van der Waals surface area contributed by atoms with Crippen LogP contribution in [0.3, 0.4) is 0 Å². The number of amides is 1. The van der Waals surface area contributed by atoms with Crippen LogP contribution in [0.5, 0.6) is 5.75 Å². The number of nitrogens with one attached hydrogen (secondary N) is 1. The van der Waals surface area contributed by atoms with Crippen LogP contribution in [0.4, 0.5) is 4.39 Å². The van der Waals surface area contributed by atoms with Crippen molar-refractivity contribution in [2.24, 2.45) is 0 Å². The first kappa shape index (κ1) is 21.5. The first-order chi connectivity index (χ1) is 13.9. The minimum atomic E-state index is -3.75. The quantitative estimate of drug-likeness (QED) is 0.669. The molecule has 2 aromatic rings. The second kappa shape index (κ2) is 9.56. The number of halogens is 2. The third kappa shape index (κ3) is 5.46. The fourth-order valence-electron chi connectivity index (χ4n) is 3.05. The number of ether oxygens (including phenoxy) is 1. The zero-order valence-corrected chi connectivity index (χ0v) is 17.3. The Labute approximate surface area is 174 Å². The van der Waals surface area contributed by atoms with E-state index in [9.17, 15) is 17.6 Å². The number of nitrogens with zero attached hydrogens (tertiary/aromatic N) is 1. The molecule has 0 saturated carbocycles. The molecule has 1 aliphatic heterocycles. The molecule has 3 rings (SSSR count). The summed E-state index contributed by atoms with van der Waals surface area (Å²) in [5, 5.41) is 2.76. The molecule has 1 N–H and O–H groups in total. The molecular formula is C20H22ClFN2O4S. The van der Waals surface area contributed by atoms with E-state index in [2.05, 4.69) is 5.32 Å². The van der Waals surface area contributed by atoms with Crippen LogP contribution < -0.4 is 10.1 Å². The lowest BCUT2D eigenvalue weighted by Gasteiger charge is -2.26. The van der Waals surface area contributed by atoms with E-state index in [4.69, 9.17) is 16.3 Å². The molecule has 156 valence electrons. The summed E-state index contributed by atoms with van der Waals surface area (Å²) < 4.78 is 45.5. The van der Waals surface area contributed by atoms with Crippen LogP contribution in [-0.2, 0) is 10.0 Å². The normalized spacial score (nSPS) is 15.1. The van der Waals surface area contributed by atoms with Gasteiger partial charge in [-0.15, -0.1) is 0 Å². The molecule has 0 aliphatic carbocycles. The van der Waals surface area contributed by atoms with Gasteiger partial charge in [0.15, 0.2) is 0 Å². The highest BCUT2D eigenvalue weighted by Crippen LogP contribution is 2.27. The fourth-order valence-corrected chi connectivity index (χ4v) is 5.07. The van der Waals surface area contributed by atoms with Gasteiger partial charge in [0.25, 0.3) is 5.91 Å². The molecule has 1 amide bonds. The maximum absolute atomic E-state index is 12.9. The molecule has 6 nitrogen and oxygen atoms in total. The Bertz CT molecular complexity index is 961. The van der Waals surface area contributed by atoms with E-state index in [1.54, 1.807) is 0 Å². The number of sulfonamides is 1. The van der Waals surface area contributed by atoms with Gasteiger partial charge >= 0.3 is 0 Å². The van der Waals surface area contributed by atoms with Crippen LogP contribution in [0.2, 0.25) is 5.02 Å². The molecule has 2 aromatic carbocycles. The van der Waals surface area contributed by atoms with E-state index in [0.717, 1.165) is 19.3 Å². The minimum absolute atomic E-state index is 0.0590. The summed E-state index contributed by atoms with van der Waals surface area (Å²) in [6, 6.07) is 9.76. The topological polar surface area (TPSA) is 75.7 Å². The minimum Gasteiger partial charge on any atom is -0.492 e. The molecule has 1 saturated heterocycles. The van der Waals surface area contributed by atoms with Gasteiger partial charge in [0, 0.05) is 18.7 Å². The number of hydrogen-bond donors (Lipinski definition) is 1.